The van der Waals surface area contributed by atoms with Crippen LogP contribution in [-0.2, 0) is 13.0 Å². The van der Waals surface area contributed by atoms with Crippen molar-refractivity contribution in [1.82, 2.24) is 4.57 Å². The summed E-state index contributed by atoms with van der Waals surface area (Å²) in [6, 6.07) is 15.5. The highest BCUT2D eigenvalue weighted by molar-refractivity contribution is 6.08. The van der Waals surface area contributed by atoms with Crippen LogP contribution in [0.1, 0.15) is 24.8 Å². The van der Waals surface area contributed by atoms with Gasteiger partial charge in [0.2, 0.25) is 0 Å². The van der Waals surface area contributed by atoms with E-state index in [2.05, 4.69) is 47.0 Å². The molecule has 2 heteroatoms. The highest BCUT2D eigenvalue weighted by Gasteiger charge is 2.23. The van der Waals surface area contributed by atoms with Crippen LogP contribution in [0, 0.1) is 5.92 Å². The molecule has 0 bridgehead atoms. The van der Waals surface area contributed by atoms with Gasteiger partial charge in [0.05, 0.1) is 0 Å². The third-order valence-electron chi connectivity index (χ3n) is 4.60. The summed E-state index contributed by atoms with van der Waals surface area (Å²) in [7, 11) is 0. The van der Waals surface area contributed by atoms with Crippen molar-refractivity contribution >= 4 is 21.8 Å². The Morgan fingerprint density at radius 1 is 1.00 bits per heavy atom. The fraction of sp³-hybridized carbons (Fsp3) is 0.368. The summed E-state index contributed by atoms with van der Waals surface area (Å²) in [5.74, 6) is 0.873. The standard InChI is InChI=1S/C19H21NO/c21-11-3-4-14-9-10-19-17(12-14)16-5-1-2-6-18(16)20(19)13-15-7-8-15/h1-2,5-6,9-10,12,15,21H,3-4,7-8,11,13H2. The Bertz CT molecular complexity index is 783. The monoisotopic (exact) mass is 279 g/mol. The van der Waals surface area contributed by atoms with Crippen molar-refractivity contribution in [2.24, 2.45) is 5.92 Å². The fourth-order valence-electron chi connectivity index (χ4n) is 3.29. The number of hydrogen-bond donors (Lipinski definition) is 1. The van der Waals surface area contributed by atoms with Crippen LogP contribution in [0.25, 0.3) is 21.8 Å². The van der Waals surface area contributed by atoms with Crippen LogP contribution in [0.15, 0.2) is 42.5 Å². The second-order valence-electron chi connectivity index (χ2n) is 6.25. The lowest BCUT2D eigenvalue weighted by Crippen LogP contribution is -1.99. The van der Waals surface area contributed by atoms with Gasteiger partial charge in [0.25, 0.3) is 0 Å². The van der Waals surface area contributed by atoms with E-state index >= 15 is 0 Å². The molecule has 2 nitrogen and oxygen atoms in total. The summed E-state index contributed by atoms with van der Waals surface area (Å²) in [4.78, 5) is 0. The summed E-state index contributed by atoms with van der Waals surface area (Å²) in [5, 5.41) is 11.7. The first-order chi connectivity index (χ1) is 10.4. The molecule has 0 atom stereocenters. The van der Waals surface area contributed by atoms with Crippen molar-refractivity contribution in [1.29, 1.82) is 0 Å². The van der Waals surface area contributed by atoms with E-state index in [1.807, 2.05) is 0 Å². The molecule has 21 heavy (non-hydrogen) atoms. The number of aryl methyl sites for hydroxylation is 1. The average Bonchev–Trinajstić information content (AvgIpc) is 3.29. The molecule has 1 aliphatic rings. The molecule has 4 rings (SSSR count). The van der Waals surface area contributed by atoms with Crippen LogP contribution in [0.4, 0.5) is 0 Å². The van der Waals surface area contributed by atoms with E-state index in [1.54, 1.807) is 0 Å². The third kappa shape index (κ3) is 2.34. The van der Waals surface area contributed by atoms with Gasteiger partial charge in [0, 0.05) is 35.0 Å². The zero-order valence-corrected chi connectivity index (χ0v) is 12.3. The van der Waals surface area contributed by atoms with Gasteiger partial charge in [-0.2, -0.15) is 0 Å². The molecule has 0 amide bonds. The zero-order valence-electron chi connectivity index (χ0n) is 12.3. The number of fused-ring (bicyclic) bond motifs is 3. The second-order valence-corrected chi connectivity index (χ2v) is 6.25. The normalized spacial score (nSPS) is 15.1. The summed E-state index contributed by atoms with van der Waals surface area (Å²) < 4.78 is 2.50. The molecule has 0 aliphatic heterocycles. The number of aliphatic hydroxyl groups excluding tert-OH is 1. The van der Waals surface area contributed by atoms with Crippen molar-refractivity contribution in [3.63, 3.8) is 0 Å². The number of rotatable bonds is 5. The van der Waals surface area contributed by atoms with Crippen molar-refractivity contribution < 1.29 is 5.11 Å². The Kier molecular flexibility index (Phi) is 3.19. The Morgan fingerprint density at radius 3 is 2.62 bits per heavy atom. The van der Waals surface area contributed by atoms with E-state index in [9.17, 15) is 0 Å². The van der Waals surface area contributed by atoms with Crippen LogP contribution < -0.4 is 0 Å². The molecule has 1 aliphatic carbocycles. The first kappa shape index (κ1) is 12.9. The SMILES string of the molecule is OCCCc1ccc2c(c1)c1ccccc1n2CC1CC1. The third-order valence-corrected chi connectivity index (χ3v) is 4.60. The first-order valence-electron chi connectivity index (χ1n) is 7.97. The van der Waals surface area contributed by atoms with Gasteiger partial charge >= 0.3 is 0 Å². The topological polar surface area (TPSA) is 25.2 Å². The van der Waals surface area contributed by atoms with Gasteiger partial charge in [-0.15, -0.1) is 0 Å². The molecule has 108 valence electrons. The van der Waals surface area contributed by atoms with Gasteiger partial charge in [-0.1, -0.05) is 24.3 Å². The highest BCUT2D eigenvalue weighted by Crippen LogP contribution is 2.36. The van der Waals surface area contributed by atoms with E-state index in [0.29, 0.717) is 0 Å². The molecule has 1 heterocycles. The van der Waals surface area contributed by atoms with Gasteiger partial charge in [-0.3, -0.25) is 0 Å². The molecule has 1 N–H and O–H groups in total. The fourth-order valence-corrected chi connectivity index (χ4v) is 3.29. The predicted octanol–water partition coefficient (Wildman–Crippen LogP) is 4.13. The Balaban J connectivity index is 1.88. The smallest absolute Gasteiger partial charge is 0.0491 e. The molecule has 0 radical (unpaired) electrons. The number of benzene rings is 2. The predicted molar refractivity (Wildman–Crippen MR) is 87.6 cm³/mol. The van der Waals surface area contributed by atoms with Crippen molar-refractivity contribution in [2.75, 3.05) is 6.61 Å². The lowest BCUT2D eigenvalue weighted by atomic mass is 10.1. The molecule has 0 spiro atoms. The van der Waals surface area contributed by atoms with Gasteiger partial charge in [0.1, 0.15) is 0 Å². The molecule has 0 saturated heterocycles. The van der Waals surface area contributed by atoms with Crippen LogP contribution in [-0.4, -0.2) is 16.3 Å². The minimum atomic E-state index is 0.265. The van der Waals surface area contributed by atoms with Gasteiger partial charge in [-0.05, 0) is 55.4 Å². The maximum atomic E-state index is 9.02. The first-order valence-corrected chi connectivity index (χ1v) is 7.97. The minimum Gasteiger partial charge on any atom is -0.396 e. The van der Waals surface area contributed by atoms with E-state index in [4.69, 9.17) is 5.11 Å². The number of aliphatic hydroxyl groups is 1. The van der Waals surface area contributed by atoms with E-state index in [0.717, 1.165) is 25.3 Å². The van der Waals surface area contributed by atoms with Crippen molar-refractivity contribution in [3.8, 4) is 0 Å². The molecule has 1 fully saturated rings. The zero-order chi connectivity index (χ0) is 14.2. The molecule has 2 aromatic carbocycles. The lowest BCUT2D eigenvalue weighted by molar-refractivity contribution is 0.288. The van der Waals surface area contributed by atoms with Crippen LogP contribution in [0.3, 0.4) is 0 Å². The van der Waals surface area contributed by atoms with Gasteiger partial charge in [-0.25, -0.2) is 0 Å². The Morgan fingerprint density at radius 2 is 1.81 bits per heavy atom. The highest BCUT2D eigenvalue weighted by atomic mass is 16.2. The van der Waals surface area contributed by atoms with Crippen molar-refractivity contribution in [3.05, 3.63) is 48.0 Å². The lowest BCUT2D eigenvalue weighted by Gasteiger charge is -2.06. The Hall–Kier alpha value is -1.80. The maximum absolute atomic E-state index is 9.02. The summed E-state index contributed by atoms with van der Waals surface area (Å²) in [6.45, 7) is 1.42. The number of aromatic nitrogens is 1. The van der Waals surface area contributed by atoms with E-state index in [-0.39, 0.29) is 6.61 Å². The molecular weight excluding hydrogens is 258 g/mol. The van der Waals surface area contributed by atoms with Gasteiger partial charge in [0.15, 0.2) is 0 Å². The van der Waals surface area contributed by atoms with Crippen LogP contribution in [0.2, 0.25) is 0 Å². The molecule has 3 aromatic rings. The van der Waals surface area contributed by atoms with Gasteiger partial charge < -0.3 is 9.67 Å². The summed E-state index contributed by atoms with van der Waals surface area (Å²) >= 11 is 0. The average molecular weight is 279 g/mol. The molecule has 0 unspecified atom stereocenters. The number of para-hydroxylation sites is 1. The number of nitrogens with zero attached hydrogens (tertiary/aromatic N) is 1. The molecular formula is C19H21NO. The summed E-state index contributed by atoms with van der Waals surface area (Å²) in [6.07, 6.45) is 4.55. The molecule has 1 aromatic heterocycles. The second kappa shape index (κ2) is 5.19. The van der Waals surface area contributed by atoms with Crippen LogP contribution in [0.5, 0.6) is 0 Å². The molecule has 1 saturated carbocycles. The maximum Gasteiger partial charge on any atom is 0.0491 e. The van der Waals surface area contributed by atoms with E-state index < -0.39 is 0 Å². The largest absolute Gasteiger partial charge is 0.396 e. The Labute approximate surface area is 125 Å². The van der Waals surface area contributed by atoms with Crippen LogP contribution >= 0.6 is 0 Å². The van der Waals surface area contributed by atoms with Crippen molar-refractivity contribution in [2.45, 2.75) is 32.2 Å². The van der Waals surface area contributed by atoms with E-state index in [1.165, 1.54) is 40.2 Å². The minimum absolute atomic E-state index is 0.265. The summed E-state index contributed by atoms with van der Waals surface area (Å²) in [5.41, 5.74) is 4.04. The number of hydrogen-bond acceptors (Lipinski definition) is 1. The quantitative estimate of drug-likeness (QED) is 0.746.